The maximum Gasteiger partial charge on any atom is 0.251 e. The van der Waals surface area contributed by atoms with Crippen LogP contribution in [-0.4, -0.2) is 44.5 Å². The van der Waals surface area contributed by atoms with Gasteiger partial charge in [-0.3, -0.25) is 4.79 Å². The lowest BCUT2D eigenvalue weighted by Crippen LogP contribution is -2.33. The van der Waals surface area contributed by atoms with Crippen molar-refractivity contribution in [3.8, 4) is 0 Å². The Morgan fingerprint density at radius 2 is 2.05 bits per heavy atom. The van der Waals surface area contributed by atoms with E-state index in [2.05, 4.69) is 21.2 Å². The molecule has 1 N–H and O–H groups in total. The van der Waals surface area contributed by atoms with Gasteiger partial charge in [0.25, 0.3) is 5.91 Å². The predicted octanol–water partition coefficient (Wildman–Crippen LogP) is 2.16. The average Bonchev–Trinajstić information content (AvgIpc) is 2.40. The lowest BCUT2D eigenvalue weighted by molar-refractivity contribution is 0.0952. The van der Waals surface area contributed by atoms with Crippen LogP contribution in [0.3, 0.4) is 0 Å². The van der Waals surface area contributed by atoms with E-state index in [1.165, 1.54) is 10.6 Å². The van der Waals surface area contributed by atoms with Crippen LogP contribution < -0.4 is 5.32 Å². The first kappa shape index (κ1) is 18.1. The Hall–Kier alpha value is -0.920. The van der Waals surface area contributed by atoms with E-state index in [9.17, 15) is 13.2 Å². The van der Waals surface area contributed by atoms with Gasteiger partial charge in [0.1, 0.15) is 0 Å². The molecule has 21 heavy (non-hydrogen) atoms. The van der Waals surface area contributed by atoms with E-state index in [4.69, 9.17) is 0 Å². The summed E-state index contributed by atoms with van der Waals surface area (Å²) in [6.45, 7) is 5.02. The van der Waals surface area contributed by atoms with E-state index in [-0.39, 0.29) is 5.91 Å². The Morgan fingerprint density at radius 1 is 1.38 bits per heavy atom. The van der Waals surface area contributed by atoms with Crippen LogP contribution in [0, 0.1) is 6.92 Å². The third-order valence-corrected chi connectivity index (χ3v) is 5.38. The summed E-state index contributed by atoms with van der Waals surface area (Å²) < 4.78 is 25.2. The number of carbonyl (C=O) groups excluding carboxylic acids is 1. The lowest BCUT2D eigenvalue weighted by Gasteiger charge is -2.17. The van der Waals surface area contributed by atoms with Crippen LogP contribution in [0.5, 0.6) is 0 Å². The van der Waals surface area contributed by atoms with E-state index >= 15 is 0 Å². The highest BCUT2D eigenvalue weighted by Gasteiger charge is 2.13. The third-order valence-electron chi connectivity index (χ3n) is 3.11. The quantitative estimate of drug-likeness (QED) is 0.741. The van der Waals surface area contributed by atoms with Crippen LogP contribution in [0.4, 0.5) is 0 Å². The first-order valence-corrected chi connectivity index (χ1v) is 9.39. The summed E-state index contributed by atoms with van der Waals surface area (Å²) in [4.78, 5) is 12.0. The average molecular weight is 377 g/mol. The molecule has 0 aromatic heterocycles. The maximum absolute atomic E-state index is 12.0. The molecule has 0 saturated heterocycles. The molecular weight excluding hydrogens is 356 g/mol. The first-order chi connectivity index (χ1) is 9.75. The molecule has 0 aliphatic rings. The van der Waals surface area contributed by atoms with E-state index in [1.807, 2.05) is 19.1 Å². The van der Waals surface area contributed by atoms with Crippen LogP contribution in [-0.2, 0) is 10.0 Å². The number of amides is 1. The molecule has 0 radical (unpaired) electrons. The molecule has 0 heterocycles. The number of nitrogens with one attached hydrogen (secondary N) is 1. The molecular formula is C14H21BrN2O3S. The zero-order valence-corrected chi connectivity index (χ0v) is 14.9. The van der Waals surface area contributed by atoms with Gasteiger partial charge in [0.05, 0.1) is 6.26 Å². The summed E-state index contributed by atoms with van der Waals surface area (Å²) in [5.41, 5.74) is 1.60. The van der Waals surface area contributed by atoms with Crippen LogP contribution in [0.15, 0.2) is 22.7 Å². The fraction of sp³-hybridized carbons (Fsp3) is 0.500. The molecule has 0 atom stereocenters. The van der Waals surface area contributed by atoms with Gasteiger partial charge in [-0.15, -0.1) is 0 Å². The number of benzene rings is 1. The van der Waals surface area contributed by atoms with E-state index in [0.717, 1.165) is 10.0 Å². The molecule has 0 spiro atoms. The van der Waals surface area contributed by atoms with Gasteiger partial charge in [0, 0.05) is 29.7 Å². The second-order valence-corrected chi connectivity index (χ2v) is 7.66. The predicted molar refractivity (Wildman–Crippen MR) is 87.9 cm³/mol. The largest absolute Gasteiger partial charge is 0.352 e. The maximum atomic E-state index is 12.0. The van der Waals surface area contributed by atoms with Gasteiger partial charge in [-0.05, 0) is 37.1 Å². The molecule has 0 aliphatic carbocycles. The molecule has 5 nitrogen and oxygen atoms in total. The molecule has 1 aromatic rings. The molecule has 0 saturated carbocycles. The van der Waals surface area contributed by atoms with Gasteiger partial charge < -0.3 is 5.32 Å². The summed E-state index contributed by atoms with van der Waals surface area (Å²) in [6.07, 6.45) is 1.78. The fourth-order valence-electron chi connectivity index (χ4n) is 1.90. The number of hydrogen-bond donors (Lipinski definition) is 1. The van der Waals surface area contributed by atoms with Crippen molar-refractivity contribution < 1.29 is 13.2 Å². The van der Waals surface area contributed by atoms with Crippen molar-refractivity contribution in [1.82, 2.24) is 9.62 Å². The number of halogens is 1. The van der Waals surface area contributed by atoms with Crippen molar-refractivity contribution >= 4 is 31.9 Å². The molecule has 7 heteroatoms. The first-order valence-electron chi connectivity index (χ1n) is 6.75. The van der Waals surface area contributed by atoms with Crippen LogP contribution in [0.2, 0.25) is 0 Å². The fourth-order valence-corrected chi connectivity index (χ4v) is 3.08. The normalized spacial score (nSPS) is 11.7. The van der Waals surface area contributed by atoms with Gasteiger partial charge in [0.15, 0.2) is 0 Å². The van der Waals surface area contributed by atoms with Crippen LogP contribution >= 0.6 is 15.9 Å². The lowest BCUT2D eigenvalue weighted by atomic mass is 10.1. The van der Waals surface area contributed by atoms with Crippen molar-refractivity contribution in [3.05, 3.63) is 33.8 Å². The van der Waals surface area contributed by atoms with Crippen molar-refractivity contribution in [2.45, 2.75) is 20.3 Å². The molecule has 1 amide bonds. The zero-order chi connectivity index (χ0) is 16.0. The minimum Gasteiger partial charge on any atom is -0.352 e. The van der Waals surface area contributed by atoms with Crippen molar-refractivity contribution in [2.75, 3.05) is 25.9 Å². The van der Waals surface area contributed by atoms with Crippen LogP contribution in [0.1, 0.15) is 29.3 Å². The molecule has 1 aromatic carbocycles. The van der Waals surface area contributed by atoms with Gasteiger partial charge in [-0.2, -0.15) is 0 Å². The van der Waals surface area contributed by atoms with E-state index in [1.54, 1.807) is 13.0 Å². The topological polar surface area (TPSA) is 66.5 Å². The number of rotatable bonds is 7. The second-order valence-electron chi connectivity index (χ2n) is 4.83. The SMILES string of the molecule is CCN(CCCNC(=O)c1ccc(Br)c(C)c1)S(C)(=O)=O. The number of hydrogen-bond acceptors (Lipinski definition) is 3. The summed E-state index contributed by atoms with van der Waals surface area (Å²) in [7, 11) is -3.16. The van der Waals surface area contributed by atoms with Crippen molar-refractivity contribution in [2.24, 2.45) is 0 Å². The number of sulfonamides is 1. The Balaban J connectivity index is 2.45. The van der Waals surface area contributed by atoms with Gasteiger partial charge in [-0.1, -0.05) is 22.9 Å². The zero-order valence-electron chi connectivity index (χ0n) is 12.5. The second kappa shape index (κ2) is 7.91. The number of aryl methyl sites for hydroxylation is 1. The molecule has 0 bridgehead atoms. The van der Waals surface area contributed by atoms with Gasteiger partial charge >= 0.3 is 0 Å². The smallest absolute Gasteiger partial charge is 0.251 e. The van der Waals surface area contributed by atoms with Gasteiger partial charge in [-0.25, -0.2) is 12.7 Å². The summed E-state index contributed by atoms with van der Waals surface area (Å²) >= 11 is 3.39. The molecule has 118 valence electrons. The van der Waals surface area contributed by atoms with Crippen molar-refractivity contribution in [1.29, 1.82) is 0 Å². The summed E-state index contributed by atoms with van der Waals surface area (Å²) in [6, 6.07) is 5.41. The van der Waals surface area contributed by atoms with E-state index in [0.29, 0.717) is 31.6 Å². The Bertz CT molecular complexity index is 602. The highest BCUT2D eigenvalue weighted by molar-refractivity contribution is 9.10. The highest BCUT2D eigenvalue weighted by atomic mass is 79.9. The summed E-state index contributed by atoms with van der Waals surface area (Å²) in [5.74, 6) is -0.145. The molecule has 0 unspecified atom stereocenters. The Kier molecular flexibility index (Phi) is 6.83. The standard InChI is InChI=1S/C14H21BrN2O3S/c1-4-17(21(3,19)20)9-5-8-16-14(18)12-6-7-13(15)11(2)10-12/h6-7,10H,4-5,8-9H2,1-3H3,(H,16,18). The Labute approximate surface area is 134 Å². The minimum absolute atomic E-state index is 0.145. The van der Waals surface area contributed by atoms with Crippen LogP contribution in [0.25, 0.3) is 0 Å². The Morgan fingerprint density at radius 3 is 2.57 bits per heavy atom. The number of carbonyl (C=O) groups is 1. The molecule has 0 aliphatic heterocycles. The van der Waals surface area contributed by atoms with Gasteiger partial charge in [0.2, 0.25) is 10.0 Å². The molecule has 0 fully saturated rings. The summed E-state index contributed by atoms with van der Waals surface area (Å²) in [5, 5.41) is 2.80. The highest BCUT2D eigenvalue weighted by Crippen LogP contribution is 2.16. The van der Waals surface area contributed by atoms with E-state index < -0.39 is 10.0 Å². The minimum atomic E-state index is -3.16. The number of nitrogens with zero attached hydrogens (tertiary/aromatic N) is 1. The molecule has 1 rings (SSSR count). The third kappa shape index (κ3) is 5.76. The monoisotopic (exact) mass is 376 g/mol. The van der Waals surface area contributed by atoms with Crippen molar-refractivity contribution in [3.63, 3.8) is 0 Å².